The molecular weight excluding hydrogens is 156 g/mol. The summed E-state index contributed by atoms with van der Waals surface area (Å²) in [7, 11) is 0. The van der Waals surface area contributed by atoms with Gasteiger partial charge in [-0.15, -0.1) is 0 Å². The molecule has 0 unspecified atom stereocenters. The molecule has 0 aromatic heterocycles. The number of hydrogen-bond donors (Lipinski definition) is 0. The molecule has 0 N–H and O–H groups in total. The zero-order chi connectivity index (χ0) is 8.86. The van der Waals surface area contributed by atoms with Crippen molar-refractivity contribution in [3.05, 3.63) is 0 Å². The molecule has 1 rings (SSSR count). The summed E-state index contributed by atoms with van der Waals surface area (Å²) in [4.78, 5) is 9.72. The lowest BCUT2D eigenvalue weighted by molar-refractivity contribution is -0.117. The van der Waals surface area contributed by atoms with Gasteiger partial charge >= 0.3 is 6.47 Å². The topological polar surface area (TPSA) is 35.5 Å². The van der Waals surface area contributed by atoms with E-state index in [1.54, 1.807) is 0 Å². The Kier molecular flexibility index (Phi) is 3.53. The second-order valence-electron chi connectivity index (χ2n) is 3.50. The molecule has 0 atom stereocenters. The van der Waals surface area contributed by atoms with Gasteiger partial charge in [-0.1, -0.05) is 19.3 Å². The van der Waals surface area contributed by atoms with Crippen LogP contribution in [0, 0.1) is 0 Å². The minimum absolute atomic E-state index is 0.0417. The number of rotatable bonds is 4. The van der Waals surface area contributed by atoms with Gasteiger partial charge in [0.05, 0.1) is 5.60 Å². The van der Waals surface area contributed by atoms with Crippen LogP contribution in [0.1, 0.15) is 39.0 Å². The van der Waals surface area contributed by atoms with Gasteiger partial charge in [-0.3, -0.25) is 0 Å². The van der Waals surface area contributed by atoms with Gasteiger partial charge in [-0.05, 0) is 19.8 Å². The van der Waals surface area contributed by atoms with E-state index in [4.69, 9.17) is 4.74 Å². The Morgan fingerprint density at radius 2 is 2.00 bits per heavy atom. The Balaban J connectivity index is 2.21. The first-order chi connectivity index (χ1) is 5.77. The van der Waals surface area contributed by atoms with Crippen molar-refractivity contribution in [2.75, 3.05) is 6.79 Å². The van der Waals surface area contributed by atoms with E-state index in [1.165, 1.54) is 25.7 Å². The van der Waals surface area contributed by atoms with Crippen molar-refractivity contribution < 1.29 is 14.3 Å². The zero-order valence-corrected chi connectivity index (χ0v) is 7.47. The summed E-state index contributed by atoms with van der Waals surface area (Å²) in [5, 5.41) is 0. The van der Waals surface area contributed by atoms with E-state index in [0.29, 0.717) is 0 Å². The van der Waals surface area contributed by atoms with Gasteiger partial charge in [-0.2, -0.15) is 0 Å². The highest BCUT2D eigenvalue weighted by Crippen LogP contribution is 2.30. The zero-order valence-electron chi connectivity index (χ0n) is 7.47. The fourth-order valence-electron chi connectivity index (χ4n) is 1.64. The van der Waals surface area contributed by atoms with E-state index >= 15 is 0 Å². The fourth-order valence-corrected chi connectivity index (χ4v) is 1.64. The van der Waals surface area contributed by atoms with Crippen LogP contribution in [0.3, 0.4) is 0 Å². The molecule has 1 fully saturated rings. The molecular formula is C9H15O3. The van der Waals surface area contributed by atoms with Crippen LogP contribution < -0.4 is 0 Å². The summed E-state index contributed by atoms with van der Waals surface area (Å²) in [6.45, 7) is 3.46. The third-order valence-corrected chi connectivity index (χ3v) is 2.44. The molecule has 3 heteroatoms. The molecule has 1 aliphatic carbocycles. The molecule has 0 spiro atoms. The van der Waals surface area contributed by atoms with Gasteiger partial charge < -0.3 is 9.47 Å². The molecule has 0 aliphatic heterocycles. The maximum absolute atomic E-state index is 9.72. The summed E-state index contributed by atoms with van der Waals surface area (Å²) >= 11 is 0. The normalized spacial score (nSPS) is 21.8. The van der Waals surface area contributed by atoms with Crippen LogP contribution in [0.2, 0.25) is 0 Å². The van der Waals surface area contributed by atoms with Crippen molar-refractivity contribution in [3.63, 3.8) is 0 Å². The first-order valence-corrected chi connectivity index (χ1v) is 4.40. The highest BCUT2D eigenvalue weighted by Gasteiger charge is 2.27. The van der Waals surface area contributed by atoms with Gasteiger partial charge in [0.25, 0.3) is 0 Å². The van der Waals surface area contributed by atoms with Crippen molar-refractivity contribution in [1.29, 1.82) is 0 Å². The number of carbonyl (C=O) groups excluding carboxylic acids is 1. The highest BCUT2D eigenvalue weighted by atomic mass is 16.7. The molecule has 1 aliphatic rings. The Labute approximate surface area is 73.0 Å². The van der Waals surface area contributed by atoms with Crippen LogP contribution in [0.25, 0.3) is 0 Å². The van der Waals surface area contributed by atoms with Crippen molar-refractivity contribution in [2.24, 2.45) is 0 Å². The average Bonchev–Trinajstić information content (AvgIpc) is 2.06. The number of ether oxygens (including phenoxy) is 2. The van der Waals surface area contributed by atoms with Crippen LogP contribution in [0.15, 0.2) is 0 Å². The van der Waals surface area contributed by atoms with E-state index in [1.807, 2.05) is 0 Å². The minimum atomic E-state index is -0.0743. The van der Waals surface area contributed by atoms with E-state index in [9.17, 15) is 4.79 Å². The van der Waals surface area contributed by atoms with Gasteiger partial charge in [0, 0.05) is 0 Å². The maximum Gasteiger partial charge on any atom is 0.419 e. The van der Waals surface area contributed by atoms with Gasteiger partial charge in [0.2, 0.25) is 0 Å². The molecule has 0 aromatic rings. The van der Waals surface area contributed by atoms with Gasteiger partial charge in [0.15, 0.2) is 6.79 Å². The molecule has 0 saturated heterocycles. The lowest BCUT2D eigenvalue weighted by atomic mass is 9.86. The van der Waals surface area contributed by atoms with Crippen molar-refractivity contribution in [3.8, 4) is 0 Å². The lowest BCUT2D eigenvalue weighted by Gasteiger charge is -2.32. The van der Waals surface area contributed by atoms with E-state index in [2.05, 4.69) is 11.7 Å². The van der Waals surface area contributed by atoms with Crippen molar-refractivity contribution in [2.45, 2.75) is 44.6 Å². The van der Waals surface area contributed by atoms with Crippen LogP contribution >= 0.6 is 0 Å². The Morgan fingerprint density at radius 3 is 2.58 bits per heavy atom. The molecule has 69 valence electrons. The summed E-state index contributed by atoms with van der Waals surface area (Å²) < 4.78 is 9.80. The molecule has 0 heterocycles. The quantitative estimate of drug-likeness (QED) is 0.477. The predicted molar refractivity (Wildman–Crippen MR) is 44.2 cm³/mol. The minimum Gasteiger partial charge on any atom is -0.430 e. The number of hydrogen-bond acceptors (Lipinski definition) is 3. The predicted octanol–water partition coefficient (Wildman–Crippen LogP) is 1.77. The standard InChI is InChI=1S/C9H15O3/c1-9(12-8-11-7-10)5-3-2-4-6-9/h2-6,8H2,1H3. The Hall–Kier alpha value is -0.570. The van der Waals surface area contributed by atoms with E-state index in [-0.39, 0.29) is 12.4 Å². The molecule has 12 heavy (non-hydrogen) atoms. The van der Waals surface area contributed by atoms with Crippen molar-refractivity contribution >= 4 is 6.47 Å². The third-order valence-electron chi connectivity index (χ3n) is 2.44. The highest BCUT2D eigenvalue weighted by molar-refractivity contribution is 5.37. The summed E-state index contributed by atoms with van der Waals surface area (Å²) in [6, 6.07) is 0. The largest absolute Gasteiger partial charge is 0.430 e. The second kappa shape index (κ2) is 4.45. The van der Waals surface area contributed by atoms with Crippen molar-refractivity contribution in [1.82, 2.24) is 0 Å². The average molecular weight is 171 g/mol. The SMILES string of the molecule is CC1(OCO[C]=O)CCCCC1. The monoisotopic (exact) mass is 171 g/mol. The fraction of sp³-hybridized carbons (Fsp3) is 0.889. The summed E-state index contributed by atoms with van der Waals surface area (Å²) in [6.07, 6.45) is 5.84. The first-order valence-electron chi connectivity index (χ1n) is 4.40. The summed E-state index contributed by atoms with van der Waals surface area (Å²) in [5.74, 6) is 0. The lowest BCUT2D eigenvalue weighted by Crippen LogP contribution is -2.32. The van der Waals surface area contributed by atoms with Gasteiger partial charge in [0.1, 0.15) is 0 Å². The Bertz CT molecular complexity index is 139. The second-order valence-corrected chi connectivity index (χ2v) is 3.50. The molecule has 0 amide bonds. The van der Waals surface area contributed by atoms with E-state index < -0.39 is 0 Å². The van der Waals surface area contributed by atoms with Crippen LogP contribution in [0.5, 0.6) is 0 Å². The molecule has 3 nitrogen and oxygen atoms in total. The molecule has 1 radical (unpaired) electrons. The first kappa shape index (κ1) is 9.52. The van der Waals surface area contributed by atoms with Gasteiger partial charge in [-0.25, -0.2) is 4.79 Å². The smallest absolute Gasteiger partial charge is 0.419 e. The van der Waals surface area contributed by atoms with Crippen LogP contribution in [-0.4, -0.2) is 18.9 Å². The molecule has 0 bridgehead atoms. The maximum atomic E-state index is 9.72. The molecule has 1 saturated carbocycles. The third kappa shape index (κ3) is 2.81. The van der Waals surface area contributed by atoms with Crippen LogP contribution in [0.4, 0.5) is 0 Å². The molecule has 0 aromatic carbocycles. The summed E-state index contributed by atoms with van der Waals surface area (Å²) in [5.41, 5.74) is -0.0743. The van der Waals surface area contributed by atoms with Crippen LogP contribution in [-0.2, 0) is 14.3 Å². The van der Waals surface area contributed by atoms with E-state index in [0.717, 1.165) is 12.8 Å². The Morgan fingerprint density at radius 1 is 1.33 bits per heavy atom.